The fourth-order valence-electron chi connectivity index (χ4n) is 1.22. The Balaban J connectivity index is 2.33. The van der Waals surface area contributed by atoms with Gasteiger partial charge in [0, 0.05) is 18.5 Å². The van der Waals surface area contributed by atoms with Crippen LogP contribution in [0.2, 0.25) is 5.02 Å². The summed E-state index contributed by atoms with van der Waals surface area (Å²) in [6.07, 6.45) is 4.64. The molecule has 4 nitrogen and oxygen atoms in total. The van der Waals surface area contributed by atoms with Gasteiger partial charge in [0.1, 0.15) is 10.7 Å². The van der Waals surface area contributed by atoms with E-state index in [-0.39, 0.29) is 4.99 Å². The van der Waals surface area contributed by atoms with Crippen molar-refractivity contribution in [3.05, 3.63) is 47.4 Å². The van der Waals surface area contributed by atoms with E-state index in [4.69, 9.17) is 34.3 Å². The Morgan fingerprint density at radius 1 is 1.41 bits per heavy atom. The van der Waals surface area contributed by atoms with E-state index in [9.17, 15) is 0 Å². The van der Waals surface area contributed by atoms with Crippen molar-refractivity contribution < 1.29 is 4.74 Å². The first-order valence-electron chi connectivity index (χ1n) is 4.70. The average Bonchev–Trinajstić information content (AvgIpc) is 2.29. The van der Waals surface area contributed by atoms with E-state index in [0.717, 1.165) is 0 Å². The summed E-state index contributed by atoms with van der Waals surface area (Å²) in [4.78, 5) is 8.20. The molecule has 6 heteroatoms. The molecule has 0 aliphatic rings. The summed E-state index contributed by atoms with van der Waals surface area (Å²) in [5, 5.41) is 0.482. The van der Waals surface area contributed by atoms with Gasteiger partial charge in [0.2, 0.25) is 5.88 Å². The maximum atomic E-state index is 5.80. The van der Waals surface area contributed by atoms with Crippen LogP contribution in [0.5, 0.6) is 11.6 Å². The number of thiocarbonyl (C=S) groups is 1. The molecule has 0 bridgehead atoms. The van der Waals surface area contributed by atoms with Crippen LogP contribution in [0, 0.1) is 0 Å². The Hall–Kier alpha value is -1.72. The largest absolute Gasteiger partial charge is 0.437 e. The van der Waals surface area contributed by atoms with E-state index in [2.05, 4.69) is 9.97 Å². The summed E-state index contributed by atoms with van der Waals surface area (Å²) in [6.45, 7) is 0. The number of pyridine rings is 2. The van der Waals surface area contributed by atoms with Crippen LogP contribution in [0.25, 0.3) is 0 Å². The molecule has 0 aliphatic heterocycles. The summed E-state index contributed by atoms with van der Waals surface area (Å²) in [6, 6.07) is 5.10. The molecule has 17 heavy (non-hydrogen) atoms. The van der Waals surface area contributed by atoms with Crippen molar-refractivity contribution in [2.24, 2.45) is 5.73 Å². The quantitative estimate of drug-likeness (QED) is 0.865. The van der Waals surface area contributed by atoms with Gasteiger partial charge in [0.25, 0.3) is 0 Å². The molecule has 0 atom stereocenters. The van der Waals surface area contributed by atoms with Crippen LogP contribution < -0.4 is 10.5 Å². The third-order valence-electron chi connectivity index (χ3n) is 1.93. The predicted octanol–water partition coefficient (Wildman–Crippen LogP) is 2.56. The van der Waals surface area contributed by atoms with Crippen LogP contribution in [0.3, 0.4) is 0 Å². The minimum atomic E-state index is 0.225. The minimum Gasteiger partial charge on any atom is -0.437 e. The number of hydrogen-bond donors (Lipinski definition) is 1. The molecular formula is C11H8ClN3OS. The number of hydrogen-bond acceptors (Lipinski definition) is 4. The molecule has 0 saturated heterocycles. The second-order valence-corrected chi connectivity index (χ2v) is 4.04. The molecule has 2 rings (SSSR count). The standard InChI is InChI=1S/C11H8ClN3OS/c12-7-4-8(6-14-5-7)16-11-9(10(13)17)2-1-3-15-11/h1-6H,(H2,13,17). The highest BCUT2D eigenvalue weighted by atomic mass is 35.5. The van der Waals surface area contributed by atoms with Crippen molar-refractivity contribution in [3.63, 3.8) is 0 Å². The lowest BCUT2D eigenvalue weighted by molar-refractivity contribution is 0.460. The van der Waals surface area contributed by atoms with E-state index in [1.54, 1.807) is 24.4 Å². The lowest BCUT2D eigenvalue weighted by Crippen LogP contribution is -2.11. The molecule has 0 aliphatic carbocycles. The van der Waals surface area contributed by atoms with E-state index in [0.29, 0.717) is 22.2 Å². The smallest absolute Gasteiger partial charge is 0.229 e. The van der Waals surface area contributed by atoms with Crippen molar-refractivity contribution in [1.29, 1.82) is 0 Å². The number of nitrogens with two attached hydrogens (primary N) is 1. The third kappa shape index (κ3) is 2.89. The summed E-state index contributed by atoms with van der Waals surface area (Å²) in [5.41, 5.74) is 6.14. The Morgan fingerprint density at radius 2 is 2.24 bits per heavy atom. The van der Waals surface area contributed by atoms with Gasteiger partial charge in [-0.25, -0.2) is 4.98 Å². The van der Waals surface area contributed by atoms with E-state index >= 15 is 0 Å². The van der Waals surface area contributed by atoms with Crippen LogP contribution in [0.1, 0.15) is 5.56 Å². The highest BCUT2D eigenvalue weighted by Crippen LogP contribution is 2.24. The van der Waals surface area contributed by atoms with Crippen molar-refractivity contribution in [2.45, 2.75) is 0 Å². The highest BCUT2D eigenvalue weighted by molar-refractivity contribution is 7.80. The van der Waals surface area contributed by atoms with E-state index < -0.39 is 0 Å². The molecular weight excluding hydrogens is 258 g/mol. The molecule has 2 heterocycles. The highest BCUT2D eigenvalue weighted by Gasteiger charge is 2.08. The fraction of sp³-hybridized carbons (Fsp3) is 0. The lowest BCUT2D eigenvalue weighted by Gasteiger charge is -2.08. The molecule has 86 valence electrons. The maximum Gasteiger partial charge on any atom is 0.229 e. The zero-order valence-electron chi connectivity index (χ0n) is 8.63. The molecule has 0 spiro atoms. The number of halogens is 1. The Labute approximate surface area is 108 Å². The molecule has 0 aromatic carbocycles. The van der Waals surface area contributed by atoms with Crippen molar-refractivity contribution in [3.8, 4) is 11.6 Å². The molecule has 2 aromatic rings. The number of ether oxygens (including phenoxy) is 1. The fourth-order valence-corrected chi connectivity index (χ4v) is 1.54. The molecule has 0 amide bonds. The SMILES string of the molecule is NC(=S)c1cccnc1Oc1cncc(Cl)c1. The monoisotopic (exact) mass is 265 g/mol. The molecule has 0 saturated carbocycles. The second-order valence-electron chi connectivity index (χ2n) is 3.16. The first kappa shape index (κ1) is 11.8. The maximum absolute atomic E-state index is 5.80. The van der Waals surface area contributed by atoms with Gasteiger partial charge in [-0.2, -0.15) is 0 Å². The first-order valence-corrected chi connectivity index (χ1v) is 5.48. The normalized spacial score (nSPS) is 9.94. The van der Waals surface area contributed by atoms with E-state index in [1.807, 2.05) is 0 Å². The average molecular weight is 266 g/mol. The van der Waals surface area contributed by atoms with Gasteiger partial charge in [-0.05, 0) is 12.1 Å². The molecule has 0 fully saturated rings. The zero-order valence-corrected chi connectivity index (χ0v) is 10.2. The van der Waals surface area contributed by atoms with E-state index in [1.165, 1.54) is 12.4 Å². The minimum absolute atomic E-state index is 0.225. The number of nitrogens with zero attached hydrogens (tertiary/aromatic N) is 2. The van der Waals surface area contributed by atoms with Crippen LogP contribution in [0.4, 0.5) is 0 Å². The van der Waals surface area contributed by atoms with Gasteiger partial charge in [-0.1, -0.05) is 23.8 Å². The van der Waals surface area contributed by atoms with Gasteiger partial charge in [0.05, 0.1) is 16.8 Å². The Bertz CT molecular complexity index is 562. The Morgan fingerprint density at radius 3 is 2.94 bits per heavy atom. The number of rotatable bonds is 3. The molecule has 2 N–H and O–H groups in total. The van der Waals surface area contributed by atoms with Crippen molar-refractivity contribution in [1.82, 2.24) is 9.97 Å². The summed E-state index contributed by atoms with van der Waals surface area (Å²) in [7, 11) is 0. The Kier molecular flexibility index (Phi) is 3.51. The molecule has 0 unspecified atom stereocenters. The van der Waals surface area contributed by atoms with Crippen LogP contribution in [0.15, 0.2) is 36.8 Å². The van der Waals surface area contributed by atoms with Crippen LogP contribution in [-0.2, 0) is 0 Å². The summed E-state index contributed by atoms with van der Waals surface area (Å²) >= 11 is 10.7. The van der Waals surface area contributed by atoms with Gasteiger partial charge < -0.3 is 10.5 Å². The first-order chi connectivity index (χ1) is 8.16. The van der Waals surface area contributed by atoms with Crippen LogP contribution >= 0.6 is 23.8 Å². The van der Waals surface area contributed by atoms with Gasteiger partial charge >= 0.3 is 0 Å². The summed E-state index contributed by atoms with van der Waals surface area (Å²) in [5.74, 6) is 0.817. The zero-order chi connectivity index (χ0) is 12.3. The number of aromatic nitrogens is 2. The lowest BCUT2D eigenvalue weighted by atomic mass is 10.3. The third-order valence-corrected chi connectivity index (χ3v) is 2.36. The molecule has 2 aromatic heterocycles. The summed E-state index contributed by atoms with van der Waals surface area (Å²) < 4.78 is 5.53. The van der Waals surface area contributed by atoms with Crippen LogP contribution in [-0.4, -0.2) is 15.0 Å². The van der Waals surface area contributed by atoms with Gasteiger partial charge in [-0.15, -0.1) is 0 Å². The predicted molar refractivity (Wildman–Crippen MR) is 69.4 cm³/mol. The molecule has 0 radical (unpaired) electrons. The van der Waals surface area contributed by atoms with Crippen molar-refractivity contribution in [2.75, 3.05) is 0 Å². The topological polar surface area (TPSA) is 61.0 Å². The van der Waals surface area contributed by atoms with Gasteiger partial charge in [-0.3, -0.25) is 4.98 Å². The second kappa shape index (κ2) is 5.07. The van der Waals surface area contributed by atoms with Crippen molar-refractivity contribution >= 4 is 28.8 Å². The van der Waals surface area contributed by atoms with Gasteiger partial charge in [0.15, 0.2) is 0 Å².